The first kappa shape index (κ1) is 16.0. The van der Waals surface area contributed by atoms with Gasteiger partial charge in [-0.1, -0.05) is 17.7 Å². The SMILES string of the molecule is Cc1cc(C)c(S(=O)(=O)NCC(F)(F)CN)c(C)c1. The van der Waals surface area contributed by atoms with Crippen LogP contribution in [-0.4, -0.2) is 27.4 Å². The standard InChI is InChI=1S/C12H18F2N2O2S/c1-8-4-9(2)11(10(3)5-8)19(17,18)16-7-12(13,14)6-15/h4-5,16H,6-7,15H2,1-3H3. The van der Waals surface area contributed by atoms with E-state index in [0.29, 0.717) is 11.1 Å². The summed E-state index contributed by atoms with van der Waals surface area (Å²) in [6.07, 6.45) is 0. The summed E-state index contributed by atoms with van der Waals surface area (Å²) in [5.41, 5.74) is 6.84. The number of hydrogen-bond acceptors (Lipinski definition) is 3. The van der Waals surface area contributed by atoms with E-state index in [1.807, 2.05) is 11.6 Å². The van der Waals surface area contributed by atoms with E-state index < -0.39 is 29.0 Å². The normalized spacial score (nSPS) is 12.7. The van der Waals surface area contributed by atoms with Crippen LogP contribution in [0, 0.1) is 20.8 Å². The number of halogens is 2. The first-order chi connectivity index (χ1) is 8.59. The molecule has 0 aliphatic carbocycles. The molecule has 4 nitrogen and oxygen atoms in total. The minimum atomic E-state index is -3.97. The molecule has 0 atom stereocenters. The molecule has 0 unspecified atom stereocenters. The van der Waals surface area contributed by atoms with Crippen molar-refractivity contribution in [3.63, 3.8) is 0 Å². The van der Waals surface area contributed by atoms with E-state index in [0.717, 1.165) is 5.56 Å². The largest absolute Gasteiger partial charge is 0.325 e. The molecule has 7 heteroatoms. The van der Waals surface area contributed by atoms with Gasteiger partial charge < -0.3 is 5.73 Å². The fourth-order valence-electron chi connectivity index (χ4n) is 1.94. The minimum Gasteiger partial charge on any atom is -0.325 e. The Kier molecular flexibility index (Phi) is 4.65. The molecule has 0 spiro atoms. The van der Waals surface area contributed by atoms with Gasteiger partial charge in [0, 0.05) is 0 Å². The lowest BCUT2D eigenvalue weighted by atomic mass is 10.1. The number of nitrogens with one attached hydrogen (secondary N) is 1. The quantitative estimate of drug-likeness (QED) is 0.863. The van der Waals surface area contributed by atoms with Crippen molar-refractivity contribution in [3.05, 3.63) is 28.8 Å². The summed E-state index contributed by atoms with van der Waals surface area (Å²) in [7, 11) is -3.97. The van der Waals surface area contributed by atoms with Crippen molar-refractivity contribution in [2.75, 3.05) is 13.1 Å². The van der Waals surface area contributed by atoms with Gasteiger partial charge in [0.05, 0.1) is 18.0 Å². The van der Waals surface area contributed by atoms with Crippen molar-refractivity contribution >= 4 is 10.0 Å². The average molecular weight is 292 g/mol. The maximum absolute atomic E-state index is 13.0. The fourth-order valence-corrected chi connectivity index (χ4v) is 3.45. The van der Waals surface area contributed by atoms with Gasteiger partial charge in [0.25, 0.3) is 5.92 Å². The Hall–Kier alpha value is -1.05. The third-order valence-electron chi connectivity index (χ3n) is 2.69. The molecule has 0 aromatic heterocycles. The van der Waals surface area contributed by atoms with Crippen LogP contribution < -0.4 is 10.5 Å². The molecule has 0 aliphatic rings. The van der Waals surface area contributed by atoms with E-state index in [-0.39, 0.29) is 4.90 Å². The van der Waals surface area contributed by atoms with Crippen LogP contribution in [0.1, 0.15) is 16.7 Å². The first-order valence-corrected chi connectivity index (χ1v) is 7.23. The maximum Gasteiger partial charge on any atom is 0.273 e. The minimum absolute atomic E-state index is 0.0471. The molecular formula is C12H18F2N2O2S. The van der Waals surface area contributed by atoms with Gasteiger partial charge in [0.2, 0.25) is 10.0 Å². The molecule has 1 aromatic carbocycles. The lowest BCUT2D eigenvalue weighted by Crippen LogP contribution is -2.41. The summed E-state index contributed by atoms with van der Waals surface area (Å²) in [5.74, 6) is -3.25. The van der Waals surface area contributed by atoms with Crippen LogP contribution in [0.3, 0.4) is 0 Å². The van der Waals surface area contributed by atoms with Crippen molar-refractivity contribution in [1.29, 1.82) is 0 Å². The Morgan fingerprint density at radius 3 is 2.11 bits per heavy atom. The third kappa shape index (κ3) is 3.95. The van der Waals surface area contributed by atoms with Crippen LogP contribution in [0.15, 0.2) is 17.0 Å². The molecule has 1 aromatic rings. The van der Waals surface area contributed by atoms with E-state index in [1.165, 1.54) is 0 Å². The summed E-state index contributed by atoms with van der Waals surface area (Å²) in [6, 6.07) is 3.39. The monoisotopic (exact) mass is 292 g/mol. The van der Waals surface area contributed by atoms with E-state index in [2.05, 4.69) is 0 Å². The van der Waals surface area contributed by atoms with E-state index in [4.69, 9.17) is 5.73 Å². The van der Waals surface area contributed by atoms with E-state index >= 15 is 0 Å². The van der Waals surface area contributed by atoms with Gasteiger partial charge in [-0.05, 0) is 31.9 Å². The van der Waals surface area contributed by atoms with Crippen molar-refractivity contribution in [2.24, 2.45) is 5.73 Å². The van der Waals surface area contributed by atoms with E-state index in [9.17, 15) is 17.2 Å². The Morgan fingerprint density at radius 1 is 1.21 bits per heavy atom. The highest BCUT2D eigenvalue weighted by molar-refractivity contribution is 7.89. The topological polar surface area (TPSA) is 72.2 Å². The molecule has 0 radical (unpaired) electrons. The van der Waals surface area contributed by atoms with Crippen LogP contribution in [0.2, 0.25) is 0 Å². The number of aryl methyl sites for hydroxylation is 3. The number of nitrogens with two attached hydrogens (primary N) is 1. The molecule has 0 aliphatic heterocycles. The summed E-state index contributed by atoms with van der Waals surface area (Å²) >= 11 is 0. The predicted octanol–water partition coefficient (Wildman–Crippen LogP) is 1.48. The molecule has 0 heterocycles. The zero-order valence-corrected chi connectivity index (χ0v) is 11.9. The van der Waals surface area contributed by atoms with Crippen molar-refractivity contribution in [1.82, 2.24) is 4.72 Å². The maximum atomic E-state index is 13.0. The van der Waals surface area contributed by atoms with Crippen LogP contribution in [0.4, 0.5) is 8.78 Å². The van der Waals surface area contributed by atoms with Crippen LogP contribution in [0.25, 0.3) is 0 Å². The molecule has 0 saturated heterocycles. The highest BCUT2D eigenvalue weighted by atomic mass is 32.2. The second-order valence-electron chi connectivity index (χ2n) is 4.61. The number of hydrogen-bond donors (Lipinski definition) is 2. The van der Waals surface area contributed by atoms with Gasteiger partial charge >= 0.3 is 0 Å². The molecular weight excluding hydrogens is 274 g/mol. The average Bonchev–Trinajstić information content (AvgIpc) is 2.25. The Bertz CT molecular complexity index is 548. The summed E-state index contributed by atoms with van der Waals surface area (Å²) in [4.78, 5) is 0.0471. The van der Waals surface area contributed by atoms with Gasteiger partial charge in [0.15, 0.2) is 0 Å². The number of alkyl halides is 2. The summed E-state index contributed by atoms with van der Waals surface area (Å²) in [5, 5.41) is 0. The smallest absolute Gasteiger partial charge is 0.273 e. The molecule has 0 saturated carbocycles. The molecule has 3 N–H and O–H groups in total. The molecule has 1 rings (SSSR count). The van der Waals surface area contributed by atoms with Gasteiger partial charge in [-0.25, -0.2) is 21.9 Å². The number of benzene rings is 1. The lowest BCUT2D eigenvalue weighted by molar-refractivity contribution is 0.0170. The molecule has 0 amide bonds. The van der Waals surface area contributed by atoms with Crippen LogP contribution in [-0.2, 0) is 10.0 Å². The first-order valence-electron chi connectivity index (χ1n) is 5.74. The van der Waals surface area contributed by atoms with Crippen LogP contribution in [0.5, 0.6) is 0 Å². The summed E-state index contributed by atoms with van der Waals surface area (Å²) < 4.78 is 52.1. The highest BCUT2D eigenvalue weighted by Crippen LogP contribution is 2.22. The molecule has 19 heavy (non-hydrogen) atoms. The van der Waals surface area contributed by atoms with Crippen molar-refractivity contribution < 1.29 is 17.2 Å². The number of rotatable bonds is 5. The van der Waals surface area contributed by atoms with Crippen LogP contribution >= 0.6 is 0 Å². The molecule has 108 valence electrons. The Balaban J connectivity index is 3.09. The third-order valence-corrected chi connectivity index (χ3v) is 4.40. The second kappa shape index (κ2) is 5.52. The predicted molar refractivity (Wildman–Crippen MR) is 69.8 cm³/mol. The highest BCUT2D eigenvalue weighted by Gasteiger charge is 2.30. The van der Waals surface area contributed by atoms with Crippen molar-refractivity contribution in [3.8, 4) is 0 Å². The van der Waals surface area contributed by atoms with Gasteiger partial charge in [-0.3, -0.25) is 0 Å². The summed E-state index contributed by atoms with van der Waals surface area (Å²) in [6.45, 7) is 3.21. The van der Waals surface area contributed by atoms with Gasteiger partial charge in [-0.15, -0.1) is 0 Å². The molecule has 0 bridgehead atoms. The van der Waals surface area contributed by atoms with Gasteiger partial charge in [0.1, 0.15) is 0 Å². The Morgan fingerprint density at radius 2 is 1.68 bits per heavy atom. The van der Waals surface area contributed by atoms with E-state index in [1.54, 1.807) is 26.0 Å². The molecule has 0 fully saturated rings. The Labute approximate surface area is 112 Å². The lowest BCUT2D eigenvalue weighted by Gasteiger charge is -2.17. The fraction of sp³-hybridized carbons (Fsp3) is 0.500. The zero-order chi connectivity index (χ0) is 14.8. The second-order valence-corrected chi connectivity index (χ2v) is 6.32. The zero-order valence-electron chi connectivity index (χ0n) is 11.1. The number of sulfonamides is 1. The van der Waals surface area contributed by atoms with Gasteiger partial charge in [-0.2, -0.15) is 0 Å². The van der Waals surface area contributed by atoms with Crippen molar-refractivity contribution in [2.45, 2.75) is 31.6 Å².